The number of rotatable bonds is 5. The van der Waals surface area contributed by atoms with Gasteiger partial charge < -0.3 is 4.90 Å². The van der Waals surface area contributed by atoms with Crippen LogP contribution in [0.25, 0.3) is 11.1 Å². The summed E-state index contributed by atoms with van der Waals surface area (Å²) < 4.78 is 0. The van der Waals surface area contributed by atoms with Gasteiger partial charge in [0.15, 0.2) is 5.78 Å². The van der Waals surface area contributed by atoms with E-state index in [2.05, 4.69) is 30.3 Å². The van der Waals surface area contributed by atoms with Crippen LogP contribution in [0.2, 0.25) is 0 Å². The third kappa shape index (κ3) is 2.99. The van der Waals surface area contributed by atoms with Crippen LogP contribution in [0.3, 0.4) is 0 Å². The number of carbonyl (C=O) groups excluding carboxylic acids is 2. The molecule has 1 aromatic heterocycles. The number of anilines is 1. The molecule has 0 fully saturated rings. The summed E-state index contributed by atoms with van der Waals surface area (Å²) in [5.74, 6) is -0.407. The predicted molar refractivity (Wildman–Crippen MR) is 106 cm³/mol. The average Bonchev–Trinajstić information content (AvgIpc) is 2.66. The van der Waals surface area contributed by atoms with E-state index in [1.54, 1.807) is 12.1 Å². The molecule has 4 nitrogen and oxygen atoms in total. The molecular formula is C22H22N2O2. The van der Waals surface area contributed by atoms with Crippen LogP contribution in [0.15, 0.2) is 49.2 Å². The minimum Gasteiger partial charge on any atom is -0.372 e. The molecule has 3 rings (SSSR count). The molecule has 1 aliphatic carbocycles. The summed E-state index contributed by atoms with van der Waals surface area (Å²) in [5, 5.41) is 0. The summed E-state index contributed by atoms with van der Waals surface area (Å²) in [7, 11) is 0. The van der Waals surface area contributed by atoms with Gasteiger partial charge in [0, 0.05) is 36.1 Å². The highest BCUT2D eigenvalue weighted by molar-refractivity contribution is 6.38. The van der Waals surface area contributed by atoms with Crippen molar-refractivity contribution < 1.29 is 9.59 Å². The highest BCUT2D eigenvalue weighted by Gasteiger charge is 2.27. The van der Waals surface area contributed by atoms with Crippen molar-refractivity contribution in [2.24, 2.45) is 0 Å². The normalized spacial score (nSPS) is 13.3. The number of Topliss-reactive ketones (excluding diaryl/α,β-unsaturated/α-hetero) is 1. The van der Waals surface area contributed by atoms with Crippen LogP contribution in [0.4, 0.5) is 5.69 Å². The summed E-state index contributed by atoms with van der Waals surface area (Å²) in [6.07, 6.45) is 2.92. The standard InChI is InChI=1S/C22H22N2O2/c1-5-24(6-2)19-10-9-15(12-17(19)14(3)4)18-13-20(25)21-16(22(18)26)8-7-11-23-21/h7-13H,3,5-6H2,1-2,4H3. The molecule has 0 saturated carbocycles. The third-order valence-corrected chi connectivity index (χ3v) is 4.68. The van der Waals surface area contributed by atoms with E-state index in [9.17, 15) is 9.59 Å². The van der Waals surface area contributed by atoms with Crippen molar-refractivity contribution in [2.75, 3.05) is 18.0 Å². The lowest BCUT2D eigenvalue weighted by atomic mass is 9.87. The summed E-state index contributed by atoms with van der Waals surface area (Å²) in [6, 6.07) is 9.19. The number of pyridine rings is 1. The molecule has 0 saturated heterocycles. The van der Waals surface area contributed by atoms with Crippen molar-refractivity contribution >= 4 is 28.4 Å². The first-order valence-electron chi connectivity index (χ1n) is 8.78. The van der Waals surface area contributed by atoms with Crippen molar-refractivity contribution in [3.05, 3.63) is 71.6 Å². The zero-order valence-electron chi connectivity index (χ0n) is 15.4. The number of aromatic nitrogens is 1. The van der Waals surface area contributed by atoms with E-state index >= 15 is 0 Å². The number of hydrogen-bond acceptors (Lipinski definition) is 4. The molecule has 1 aromatic carbocycles. The maximum atomic E-state index is 12.9. The Balaban J connectivity index is 2.11. The summed E-state index contributed by atoms with van der Waals surface area (Å²) in [4.78, 5) is 31.6. The van der Waals surface area contributed by atoms with E-state index < -0.39 is 0 Å². The third-order valence-electron chi connectivity index (χ3n) is 4.68. The smallest absolute Gasteiger partial charge is 0.205 e. The minimum absolute atomic E-state index is 0.170. The van der Waals surface area contributed by atoms with E-state index in [0.717, 1.165) is 35.5 Å². The maximum absolute atomic E-state index is 12.9. The Kier molecular flexibility index (Phi) is 4.85. The number of benzene rings is 1. The van der Waals surface area contributed by atoms with Gasteiger partial charge in [-0.15, -0.1) is 0 Å². The highest BCUT2D eigenvalue weighted by atomic mass is 16.1. The van der Waals surface area contributed by atoms with Crippen molar-refractivity contribution in [1.82, 2.24) is 4.98 Å². The lowest BCUT2D eigenvalue weighted by Gasteiger charge is -2.25. The molecular weight excluding hydrogens is 324 g/mol. The maximum Gasteiger partial charge on any atom is 0.205 e. The van der Waals surface area contributed by atoms with Gasteiger partial charge >= 0.3 is 0 Å². The topological polar surface area (TPSA) is 50.3 Å². The van der Waals surface area contributed by atoms with E-state index in [1.165, 1.54) is 12.3 Å². The molecule has 0 unspecified atom stereocenters. The van der Waals surface area contributed by atoms with Crippen LogP contribution >= 0.6 is 0 Å². The van der Waals surface area contributed by atoms with Crippen LogP contribution in [0, 0.1) is 0 Å². The molecule has 0 N–H and O–H groups in total. The highest BCUT2D eigenvalue weighted by Crippen LogP contribution is 2.33. The van der Waals surface area contributed by atoms with Gasteiger partial charge in [0.2, 0.25) is 5.78 Å². The zero-order chi connectivity index (χ0) is 18.8. The number of hydrogen-bond donors (Lipinski definition) is 0. The quantitative estimate of drug-likeness (QED) is 0.804. The van der Waals surface area contributed by atoms with E-state index in [4.69, 9.17) is 0 Å². The van der Waals surface area contributed by atoms with Crippen LogP contribution in [0.1, 0.15) is 52.7 Å². The van der Waals surface area contributed by atoms with Gasteiger partial charge in [-0.3, -0.25) is 14.6 Å². The zero-order valence-corrected chi connectivity index (χ0v) is 15.4. The van der Waals surface area contributed by atoms with Gasteiger partial charge in [-0.05, 0) is 62.2 Å². The predicted octanol–water partition coefficient (Wildman–Crippen LogP) is 4.42. The van der Waals surface area contributed by atoms with Crippen LogP contribution in [-0.4, -0.2) is 29.6 Å². The molecule has 0 bridgehead atoms. The first kappa shape index (κ1) is 17.8. The second-order valence-corrected chi connectivity index (χ2v) is 6.34. The van der Waals surface area contributed by atoms with E-state index in [1.807, 2.05) is 25.1 Å². The first-order chi connectivity index (χ1) is 12.5. The molecule has 0 atom stereocenters. The molecule has 0 spiro atoms. The van der Waals surface area contributed by atoms with Gasteiger partial charge in [-0.25, -0.2) is 0 Å². The van der Waals surface area contributed by atoms with Crippen molar-refractivity contribution in [3.63, 3.8) is 0 Å². The Hall–Kier alpha value is -3.01. The number of nitrogens with zero attached hydrogens (tertiary/aromatic N) is 2. The molecule has 0 radical (unpaired) electrons. The molecule has 26 heavy (non-hydrogen) atoms. The Bertz CT molecular complexity index is 937. The molecule has 1 heterocycles. The molecule has 4 heteroatoms. The summed E-state index contributed by atoms with van der Waals surface area (Å²) >= 11 is 0. The fourth-order valence-corrected chi connectivity index (χ4v) is 3.29. The Morgan fingerprint density at radius 2 is 1.88 bits per heavy atom. The number of ketones is 2. The lowest BCUT2D eigenvalue weighted by molar-refractivity contribution is 0.0997. The SMILES string of the molecule is C=C(C)c1cc(C2=CC(=O)c3ncccc3C2=O)ccc1N(CC)CC. The molecule has 2 aromatic rings. The monoisotopic (exact) mass is 346 g/mol. The first-order valence-corrected chi connectivity index (χ1v) is 8.78. The average molecular weight is 346 g/mol. The van der Waals surface area contributed by atoms with Gasteiger partial charge in [0.25, 0.3) is 0 Å². The molecule has 132 valence electrons. The van der Waals surface area contributed by atoms with Crippen molar-refractivity contribution in [2.45, 2.75) is 20.8 Å². The fourth-order valence-electron chi connectivity index (χ4n) is 3.29. The van der Waals surface area contributed by atoms with Crippen LogP contribution in [0.5, 0.6) is 0 Å². The Morgan fingerprint density at radius 1 is 1.15 bits per heavy atom. The van der Waals surface area contributed by atoms with Gasteiger partial charge in [0.05, 0.1) is 5.56 Å². The van der Waals surface area contributed by atoms with Gasteiger partial charge in [-0.1, -0.05) is 12.6 Å². The fraction of sp³-hybridized carbons (Fsp3) is 0.227. The van der Waals surface area contributed by atoms with Crippen molar-refractivity contribution in [3.8, 4) is 0 Å². The number of allylic oxidation sites excluding steroid dienone is 3. The van der Waals surface area contributed by atoms with Crippen LogP contribution in [-0.2, 0) is 0 Å². The van der Waals surface area contributed by atoms with Gasteiger partial charge in [0.1, 0.15) is 5.69 Å². The van der Waals surface area contributed by atoms with E-state index in [0.29, 0.717) is 11.1 Å². The summed E-state index contributed by atoms with van der Waals surface area (Å²) in [6.45, 7) is 12.0. The lowest BCUT2D eigenvalue weighted by Crippen LogP contribution is -2.23. The Labute approximate surface area is 153 Å². The Morgan fingerprint density at radius 3 is 2.54 bits per heavy atom. The molecule has 0 amide bonds. The van der Waals surface area contributed by atoms with Crippen LogP contribution < -0.4 is 4.90 Å². The van der Waals surface area contributed by atoms with Gasteiger partial charge in [-0.2, -0.15) is 0 Å². The second-order valence-electron chi connectivity index (χ2n) is 6.34. The van der Waals surface area contributed by atoms with Crippen molar-refractivity contribution in [1.29, 1.82) is 0 Å². The van der Waals surface area contributed by atoms with E-state index in [-0.39, 0.29) is 17.3 Å². The summed E-state index contributed by atoms with van der Waals surface area (Å²) in [5.41, 5.74) is 4.72. The minimum atomic E-state index is -0.236. The largest absolute Gasteiger partial charge is 0.372 e. The molecule has 1 aliphatic rings. The molecule has 0 aliphatic heterocycles. The second kappa shape index (κ2) is 7.08. The number of carbonyl (C=O) groups is 2. The number of fused-ring (bicyclic) bond motifs is 1.